The fraction of sp³-hybridized carbons (Fsp3) is 0.360. The molecule has 34 heavy (non-hydrogen) atoms. The first-order valence-electron chi connectivity index (χ1n) is 11.4. The van der Waals surface area contributed by atoms with Crippen LogP contribution in [0.3, 0.4) is 0 Å². The highest BCUT2D eigenvalue weighted by Gasteiger charge is 2.19. The van der Waals surface area contributed by atoms with Gasteiger partial charge >= 0.3 is 0 Å². The maximum Gasteiger partial charge on any atom is 0.253 e. The lowest BCUT2D eigenvalue weighted by Gasteiger charge is -2.28. The van der Waals surface area contributed by atoms with Crippen LogP contribution in [0.2, 0.25) is 0 Å². The van der Waals surface area contributed by atoms with E-state index in [1.807, 2.05) is 41.3 Å². The molecule has 5 rings (SSSR count). The molecule has 1 aromatic heterocycles. The number of nitrogens with zero attached hydrogens (tertiary/aromatic N) is 1. The van der Waals surface area contributed by atoms with Crippen LogP contribution in [0.15, 0.2) is 41.2 Å². The van der Waals surface area contributed by atoms with Gasteiger partial charge in [0.2, 0.25) is 6.79 Å². The van der Waals surface area contributed by atoms with Gasteiger partial charge in [0.1, 0.15) is 13.2 Å². The molecule has 2 aliphatic heterocycles. The van der Waals surface area contributed by atoms with E-state index in [4.69, 9.17) is 31.2 Å². The molecule has 2 aliphatic rings. The second-order valence-electron chi connectivity index (χ2n) is 8.51. The number of benzene rings is 2. The lowest BCUT2D eigenvalue weighted by atomic mass is 10.1. The Hall–Kier alpha value is -3.46. The molecule has 0 bridgehead atoms. The molecule has 0 radical (unpaired) electrons. The Morgan fingerprint density at radius 2 is 1.76 bits per heavy atom. The highest BCUT2D eigenvalue weighted by molar-refractivity contribution is 7.80. The molecule has 9 heteroatoms. The van der Waals surface area contributed by atoms with Gasteiger partial charge in [0.05, 0.1) is 12.1 Å². The Bertz CT molecular complexity index is 1290. The van der Waals surface area contributed by atoms with Crippen LogP contribution in [-0.4, -0.2) is 41.0 Å². The third-order valence-corrected chi connectivity index (χ3v) is 6.40. The second-order valence-corrected chi connectivity index (χ2v) is 8.90. The number of thiocarbonyl (C=S) groups is 1. The number of hydrogen-bond donors (Lipinski definition) is 2. The lowest BCUT2D eigenvalue weighted by Crippen LogP contribution is -2.43. The van der Waals surface area contributed by atoms with E-state index in [9.17, 15) is 4.79 Å². The molecule has 2 aromatic carbocycles. The lowest BCUT2D eigenvalue weighted by molar-refractivity contribution is 0.172. The minimum Gasteiger partial charge on any atom is -0.486 e. The van der Waals surface area contributed by atoms with Gasteiger partial charge in [-0.05, 0) is 55.4 Å². The largest absolute Gasteiger partial charge is 0.486 e. The van der Waals surface area contributed by atoms with Crippen molar-refractivity contribution < 1.29 is 18.9 Å². The topological polar surface area (TPSA) is 85.1 Å². The van der Waals surface area contributed by atoms with Crippen molar-refractivity contribution >= 4 is 28.2 Å². The number of aromatic nitrogens is 1. The summed E-state index contributed by atoms with van der Waals surface area (Å²) in [7, 11) is 0. The van der Waals surface area contributed by atoms with E-state index in [-0.39, 0.29) is 18.4 Å². The molecule has 0 saturated carbocycles. The van der Waals surface area contributed by atoms with Gasteiger partial charge in [0.25, 0.3) is 5.56 Å². The predicted octanol–water partition coefficient (Wildman–Crippen LogP) is 3.70. The number of hydrogen-bond acceptors (Lipinski definition) is 6. The second kappa shape index (κ2) is 9.42. The van der Waals surface area contributed by atoms with E-state index in [0.717, 1.165) is 23.1 Å². The number of pyridine rings is 1. The van der Waals surface area contributed by atoms with E-state index in [1.165, 1.54) is 0 Å². The summed E-state index contributed by atoms with van der Waals surface area (Å²) in [4.78, 5) is 18.0. The molecular formula is C25H27N3O5S. The van der Waals surface area contributed by atoms with Crippen LogP contribution in [-0.2, 0) is 13.1 Å². The summed E-state index contributed by atoms with van der Waals surface area (Å²) >= 11 is 5.74. The first-order valence-corrected chi connectivity index (χ1v) is 11.8. The number of aromatic amines is 1. The Balaban J connectivity index is 1.45. The van der Waals surface area contributed by atoms with Crippen molar-refractivity contribution in [2.75, 3.05) is 20.0 Å². The zero-order chi connectivity index (χ0) is 23.7. The summed E-state index contributed by atoms with van der Waals surface area (Å²) in [6.45, 7) is 6.27. The van der Waals surface area contributed by atoms with Crippen LogP contribution in [0.25, 0.3) is 10.9 Å². The van der Waals surface area contributed by atoms with Crippen molar-refractivity contribution in [2.45, 2.75) is 39.4 Å². The minimum atomic E-state index is -0.161. The number of fused-ring (bicyclic) bond motifs is 3. The van der Waals surface area contributed by atoms with Crippen LogP contribution in [0, 0.1) is 0 Å². The third-order valence-electron chi connectivity index (χ3n) is 6.03. The van der Waals surface area contributed by atoms with Crippen molar-refractivity contribution in [3.8, 4) is 23.0 Å². The highest BCUT2D eigenvalue weighted by atomic mass is 32.1. The highest BCUT2D eigenvalue weighted by Crippen LogP contribution is 2.34. The van der Waals surface area contributed by atoms with E-state index < -0.39 is 0 Å². The van der Waals surface area contributed by atoms with E-state index >= 15 is 0 Å². The van der Waals surface area contributed by atoms with Crippen LogP contribution in [0.4, 0.5) is 0 Å². The first-order chi connectivity index (χ1) is 16.5. The van der Waals surface area contributed by atoms with Gasteiger partial charge in [-0.1, -0.05) is 13.0 Å². The fourth-order valence-corrected chi connectivity index (χ4v) is 4.30. The average molecular weight is 482 g/mol. The van der Waals surface area contributed by atoms with Gasteiger partial charge in [-0.25, -0.2) is 0 Å². The monoisotopic (exact) mass is 481 g/mol. The van der Waals surface area contributed by atoms with Gasteiger partial charge in [0.15, 0.2) is 28.1 Å². The SMILES string of the molecule is CC[C@H](C)NC(=S)N(Cc1ccc2c(c1)OCO2)Cc1cc2cc3c(cc2[nH]c1=O)OCCO3. The Morgan fingerprint density at radius 1 is 1.03 bits per heavy atom. The van der Waals surface area contributed by atoms with E-state index in [2.05, 4.69) is 24.1 Å². The molecule has 0 aliphatic carbocycles. The standard InChI is InChI=1S/C25H27N3O5S/c1-3-15(2)26-25(34)28(12-16-4-5-20-21(8-16)33-14-32-20)13-18-9-17-10-22-23(31-7-6-30-22)11-19(17)27-24(18)29/h4-5,8-11,15H,3,6-7,12-14H2,1-2H3,(H,26,34)(H,27,29)/t15-/m0/s1. The first kappa shape index (κ1) is 22.3. The molecule has 0 spiro atoms. The molecule has 0 saturated heterocycles. The quantitative estimate of drug-likeness (QED) is 0.516. The molecule has 3 aromatic rings. The molecular weight excluding hydrogens is 454 g/mol. The maximum absolute atomic E-state index is 13.0. The van der Waals surface area contributed by atoms with Gasteiger partial charge in [-0.15, -0.1) is 0 Å². The summed E-state index contributed by atoms with van der Waals surface area (Å²) < 4.78 is 22.3. The number of rotatable bonds is 6. The van der Waals surface area contributed by atoms with Gasteiger partial charge in [-0.3, -0.25) is 4.79 Å². The molecule has 0 fully saturated rings. The Kier molecular flexibility index (Phi) is 6.19. The van der Waals surface area contributed by atoms with E-state index in [1.54, 1.807) is 0 Å². The van der Waals surface area contributed by atoms with Crippen molar-refractivity contribution in [2.24, 2.45) is 0 Å². The number of ether oxygens (including phenoxy) is 4. The minimum absolute atomic E-state index is 0.161. The third kappa shape index (κ3) is 4.61. The summed E-state index contributed by atoms with van der Waals surface area (Å²) in [5.41, 5.74) is 2.17. The van der Waals surface area contributed by atoms with Crippen molar-refractivity contribution in [1.82, 2.24) is 15.2 Å². The predicted molar refractivity (Wildman–Crippen MR) is 133 cm³/mol. The van der Waals surface area contributed by atoms with Gasteiger partial charge < -0.3 is 34.1 Å². The zero-order valence-electron chi connectivity index (χ0n) is 19.2. The smallest absolute Gasteiger partial charge is 0.253 e. The zero-order valence-corrected chi connectivity index (χ0v) is 20.0. The van der Waals surface area contributed by atoms with E-state index in [0.29, 0.717) is 59.7 Å². The van der Waals surface area contributed by atoms with Gasteiger partial charge in [-0.2, -0.15) is 0 Å². The molecule has 1 atom stereocenters. The summed E-state index contributed by atoms with van der Waals surface area (Å²) in [6.07, 6.45) is 0.932. The summed E-state index contributed by atoms with van der Waals surface area (Å²) in [5.74, 6) is 2.78. The van der Waals surface area contributed by atoms with Crippen LogP contribution < -0.4 is 29.8 Å². The molecule has 178 valence electrons. The number of H-pyrrole nitrogens is 1. The molecule has 2 N–H and O–H groups in total. The van der Waals surface area contributed by atoms with Gasteiger partial charge in [0, 0.05) is 29.6 Å². The summed E-state index contributed by atoms with van der Waals surface area (Å²) in [5, 5.41) is 4.84. The van der Waals surface area contributed by atoms with Crippen molar-refractivity contribution in [3.63, 3.8) is 0 Å². The van der Waals surface area contributed by atoms with Crippen molar-refractivity contribution in [1.29, 1.82) is 0 Å². The van der Waals surface area contributed by atoms with Crippen LogP contribution in [0.5, 0.6) is 23.0 Å². The van der Waals surface area contributed by atoms with Crippen LogP contribution >= 0.6 is 12.2 Å². The Morgan fingerprint density at radius 3 is 2.56 bits per heavy atom. The van der Waals surface area contributed by atoms with Crippen LogP contribution in [0.1, 0.15) is 31.4 Å². The molecule has 0 unspecified atom stereocenters. The molecule has 3 heterocycles. The molecule has 8 nitrogen and oxygen atoms in total. The Labute approximate surface area is 202 Å². The van der Waals surface area contributed by atoms with Crippen molar-refractivity contribution in [3.05, 3.63) is 57.9 Å². The summed E-state index contributed by atoms with van der Waals surface area (Å²) in [6, 6.07) is 11.7. The maximum atomic E-state index is 13.0. The fourth-order valence-electron chi connectivity index (χ4n) is 3.97. The number of nitrogens with one attached hydrogen (secondary N) is 2. The normalized spacial score (nSPS) is 14.6. The molecule has 0 amide bonds. The average Bonchev–Trinajstić information content (AvgIpc) is 3.30.